The van der Waals surface area contributed by atoms with E-state index < -0.39 is 0 Å². The molecule has 4 heterocycles. The Morgan fingerprint density at radius 3 is 2.67 bits per heavy atom. The number of aromatic nitrogens is 3. The van der Waals surface area contributed by atoms with Gasteiger partial charge in [-0.1, -0.05) is 12.6 Å². The number of nitrogens with one attached hydrogen (secondary N) is 2. The molecule has 204 valence electrons. The molecule has 11 nitrogen and oxygen atoms in total. The molecule has 0 spiro atoms. The summed E-state index contributed by atoms with van der Waals surface area (Å²) in [5.41, 5.74) is 4.24. The summed E-state index contributed by atoms with van der Waals surface area (Å²) in [7, 11) is 3.73. The van der Waals surface area contributed by atoms with Crippen molar-refractivity contribution in [2.24, 2.45) is 0 Å². The normalized spacial score (nSPS) is 17.7. The second-order valence-corrected chi connectivity index (χ2v) is 9.64. The lowest BCUT2D eigenvalue weighted by atomic mass is 10.1. The number of carbonyl (C=O) groups is 1. The van der Waals surface area contributed by atoms with Crippen LogP contribution >= 0.6 is 0 Å². The number of hydrogen-bond acceptors (Lipinski definition) is 10. The fourth-order valence-electron chi connectivity index (χ4n) is 4.78. The number of ether oxygens (including phenoxy) is 1. The van der Waals surface area contributed by atoms with E-state index in [9.17, 15) is 4.79 Å². The number of hydrogen-bond donors (Lipinski definition) is 2. The van der Waals surface area contributed by atoms with Crippen molar-refractivity contribution in [3.8, 4) is 5.75 Å². The van der Waals surface area contributed by atoms with Gasteiger partial charge in [0.2, 0.25) is 5.91 Å². The summed E-state index contributed by atoms with van der Waals surface area (Å²) in [6.45, 7) is 9.69. The number of aryl methyl sites for hydroxylation is 1. The molecule has 1 amide bonds. The van der Waals surface area contributed by atoms with E-state index in [0.717, 1.165) is 49.5 Å². The van der Waals surface area contributed by atoms with Crippen LogP contribution in [0.3, 0.4) is 0 Å². The molecule has 2 fully saturated rings. The Morgan fingerprint density at radius 1 is 1.13 bits per heavy atom. The first-order valence-electron chi connectivity index (χ1n) is 13.0. The Morgan fingerprint density at radius 2 is 1.95 bits per heavy atom. The van der Waals surface area contributed by atoms with Crippen molar-refractivity contribution in [2.45, 2.75) is 19.4 Å². The second kappa shape index (κ2) is 11.7. The zero-order valence-electron chi connectivity index (χ0n) is 22.6. The Hall–Kier alpha value is -4.22. The average Bonchev–Trinajstić information content (AvgIpc) is 3.44. The molecule has 1 atom stereocenters. The lowest BCUT2D eigenvalue weighted by molar-refractivity contribution is -0.111. The van der Waals surface area contributed by atoms with Crippen LogP contribution in [0.1, 0.15) is 23.7 Å². The van der Waals surface area contributed by atoms with Crippen LogP contribution in [0.25, 0.3) is 0 Å². The summed E-state index contributed by atoms with van der Waals surface area (Å²) in [6, 6.07) is 9.70. The van der Waals surface area contributed by atoms with E-state index >= 15 is 0 Å². The monoisotopic (exact) mass is 530 g/mol. The van der Waals surface area contributed by atoms with Crippen molar-refractivity contribution < 1.29 is 14.4 Å². The van der Waals surface area contributed by atoms with E-state index in [4.69, 9.17) is 9.57 Å². The highest BCUT2D eigenvalue weighted by molar-refractivity contribution is 6.02. The predicted octanol–water partition coefficient (Wildman–Crippen LogP) is 3.69. The van der Waals surface area contributed by atoms with Crippen molar-refractivity contribution in [3.63, 3.8) is 0 Å². The van der Waals surface area contributed by atoms with Gasteiger partial charge in [0, 0.05) is 56.6 Å². The van der Waals surface area contributed by atoms with Gasteiger partial charge in [0.05, 0.1) is 36.8 Å². The molecular weight excluding hydrogens is 496 g/mol. The molecule has 0 bridgehead atoms. The van der Waals surface area contributed by atoms with E-state index in [1.165, 1.54) is 12.4 Å². The Kier molecular flexibility index (Phi) is 7.89. The van der Waals surface area contributed by atoms with Crippen molar-refractivity contribution >= 4 is 34.6 Å². The molecule has 1 aromatic carbocycles. The maximum absolute atomic E-state index is 12.3. The van der Waals surface area contributed by atoms with Gasteiger partial charge in [-0.3, -0.25) is 14.6 Å². The number of nitrogens with zero attached hydrogens (tertiary/aromatic N) is 6. The first kappa shape index (κ1) is 26.4. The van der Waals surface area contributed by atoms with Crippen LogP contribution in [0.2, 0.25) is 0 Å². The molecule has 0 aliphatic carbocycles. The minimum absolute atomic E-state index is 0.000948. The Balaban J connectivity index is 1.43. The summed E-state index contributed by atoms with van der Waals surface area (Å²) in [6.07, 6.45) is 5.46. The molecule has 2 aliphatic rings. The van der Waals surface area contributed by atoms with Crippen LogP contribution in [-0.2, 0) is 9.63 Å². The fourth-order valence-corrected chi connectivity index (χ4v) is 4.78. The molecular formula is C28H34N8O3. The molecule has 0 saturated carbocycles. The molecule has 2 saturated heterocycles. The number of methoxy groups -OCH3 is 1. The van der Waals surface area contributed by atoms with Gasteiger partial charge < -0.3 is 25.2 Å². The van der Waals surface area contributed by atoms with E-state index in [-0.39, 0.29) is 11.9 Å². The van der Waals surface area contributed by atoms with Crippen LogP contribution in [0.15, 0.2) is 55.5 Å². The minimum Gasteiger partial charge on any atom is -0.494 e. The molecule has 11 heteroatoms. The summed E-state index contributed by atoms with van der Waals surface area (Å²) in [4.78, 5) is 36.1. The van der Waals surface area contributed by atoms with Crippen molar-refractivity contribution in [1.29, 1.82) is 0 Å². The van der Waals surface area contributed by atoms with Gasteiger partial charge in [-0.05, 0) is 37.7 Å². The van der Waals surface area contributed by atoms with Gasteiger partial charge >= 0.3 is 0 Å². The summed E-state index contributed by atoms with van der Waals surface area (Å²) < 4.78 is 5.75. The minimum atomic E-state index is -0.284. The maximum atomic E-state index is 12.3. The SMILES string of the molecule is C=CC(=O)Nc1cc(Nc2cc(N3OCC[C@@H]3c3ccc(C)nc3)ncn2)c(OC)cc1N1CCN(C)CC1. The van der Waals surface area contributed by atoms with Gasteiger partial charge in [-0.25, -0.2) is 15.0 Å². The maximum Gasteiger partial charge on any atom is 0.247 e. The first-order valence-corrected chi connectivity index (χ1v) is 13.0. The first-order chi connectivity index (χ1) is 18.9. The highest BCUT2D eigenvalue weighted by atomic mass is 16.7. The van der Waals surface area contributed by atoms with Crippen molar-refractivity contribution in [1.82, 2.24) is 19.9 Å². The number of piperazine rings is 1. The second-order valence-electron chi connectivity index (χ2n) is 9.64. The van der Waals surface area contributed by atoms with Crippen LogP contribution in [-0.4, -0.2) is 72.7 Å². The zero-order chi connectivity index (χ0) is 27.4. The van der Waals surface area contributed by atoms with Crippen LogP contribution in [0.5, 0.6) is 5.75 Å². The molecule has 5 rings (SSSR count). The predicted molar refractivity (Wildman–Crippen MR) is 152 cm³/mol. The molecule has 0 unspecified atom stereocenters. The van der Waals surface area contributed by atoms with Crippen molar-refractivity contribution in [3.05, 3.63) is 66.8 Å². The number of anilines is 5. The molecule has 2 N–H and O–H groups in total. The summed E-state index contributed by atoms with van der Waals surface area (Å²) >= 11 is 0. The fraction of sp³-hybridized carbons (Fsp3) is 0.357. The Labute approximate surface area is 228 Å². The quantitative estimate of drug-likeness (QED) is 0.419. The number of carbonyl (C=O) groups excluding carboxylic acids is 1. The summed E-state index contributed by atoms with van der Waals surface area (Å²) in [5.74, 6) is 1.53. The van der Waals surface area contributed by atoms with Gasteiger partial charge in [0.25, 0.3) is 0 Å². The number of amides is 1. The third kappa shape index (κ3) is 5.94. The smallest absolute Gasteiger partial charge is 0.247 e. The third-order valence-electron chi connectivity index (χ3n) is 6.97. The Bertz CT molecular complexity index is 1320. The standard InChI is InChI=1S/C28H34N8O3/c1-5-28(37)33-21-14-22(25(38-4)15-24(21)35-11-9-34(3)10-12-35)32-26-16-27(31-18-30-26)36-23(8-13-39-36)20-7-6-19(2)29-17-20/h5-7,14-18,23H,1,8-13H2,2-4H3,(H,33,37)(H,30,31,32)/t23-/m1/s1. The number of likely N-dealkylation sites (N-methyl/N-ethyl adjacent to an activating group) is 1. The van der Waals surface area contributed by atoms with Gasteiger partial charge in [0.15, 0.2) is 5.82 Å². The average molecular weight is 531 g/mol. The van der Waals surface area contributed by atoms with Crippen LogP contribution in [0.4, 0.5) is 28.7 Å². The molecule has 3 aromatic rings. The topological polar surface area (TPSA) is 108 Å². The van der Waals surface area contributed by atoms with Gasteiger partial charge in [-0.2, -0.15) is 0 Å². The zero-order valence-corrected chi connectivity index (χ0v) is 22.6. The number of pyridine rings is 1. The molecule has 2 aromatic heterocycles. The number of benzene rings is 1. The van der Waals surface area contributed by atoms with E-state index in [1.54, 1.807) is 7.11 Å². The lowest BCUT2D eigenvalue weighted by Gasteiger charge is -2.35. The van der Waals surface area contributed by atoms with Gasteiger partial charge in [-0.15, -0.1) is 0 Å². The molecule has 0 radical (unpaired) electrons. The van der Waals surface area contributed by atoms with E-state index in [2.05, 4.69) is 55.1 Å². The number of hydroxylamine groups is 1. The molecule has 2 aliphatic heterocycles. The van der Waals surface area contributed by atoms with Crippen LogP contribution in [0, 0.1) is 6.92 Å². The largest absolute Gasteiger partial charge is 0.494 e. The van der Waals surface area contributed by atoms with Crippen LogP contribution < -0.4 is 25.3 Å². The van der Waals surface area contributed by atoms with Crippen molar-refractivity contribution in [2.75, 3.05) is 67.5 Å². The highest BCUT2D eigenvalue weighted by Gasteiger charge is 2.29. The molecule has 39 heavy (non-hydrogen) atoms. The third-order valence-corrected chi connectivity index (χ3v) is 6.97. The lowest BCUT2D eigenvalue weighted by Crippen LogP contribution is -2.44. The van der Waals surface area contributed by atoms with E-state index in [0.29, 0.717) is 35.4 Å². The van der Waals surface area contributed by atoms with Gasteiger partial charge in [0.1, 0.15) is 17.9 Å². The summed E-state index contributed by atoms with van der Waals surface area (Å²) in [5, 5.41) is 8.11. The highest BCUT2D eigenvalue weighted by Crippen LogP contribution is 2.39. The van der Waals surface area contributed by atoms with E-state index in [1.807, 2.05) is 42.4 Å². The number of rotatable bonds is 8.